The molecule has 3 aromatic carbocycles. The van der Waals surface area contributed by atoms with Crippen LogP contribution in [0.4, 0.5) is 11.4 Å². The lowest BCUT2D eigenvalue weighted by molar-refractivity contribution is -0.113. The van der Waals surface area contributed by atoms with Gasteiger partial charge in [0.2, 0.25) is 0 Å². The van der Waals surface area contributed by atoms with Crippen LogP contribution < -0.4 is 15.4 Å². The molecule has 1 unspecified atom stereocenters. The summed E-state index contributed by atoms with van der Waals surface area (Å²) in [6, 6.07) is 21.8. The summed E-state index contributed by atoms with van der Waals surface area (Å²) in [5, 5.41) is 6.95. The molecule has 0 radical (unpaired) electrons. The number of amides is 2. The second-order valence-corrected chi connectivity index (χ2v) is 10.9. The predicted octanol–water partition coefficient (Wildman–Crippen LogP) is 6.47. The van der Waals surface area contributed by atoms with Gasteiger partial charge in [0.15, 0.2) is 5.17 Å². The summed E-state index contributed by atoms with van der Waals surface area (Å²) in [4.78, 5) is 33.6. The minimum Gasteiger partial charge on any atom is -0.497 e. The van der Waals surface area contributed by atoms with E-state index in [-0.39, 0.29) is 17.9 Å². The zero-order chi connectivity index (χ0) is 26.6. The van der Waals surface area contributed by atoms with Crippen LogP contribution in [-0.2, 0) is 4.79 Å². The molecular formula is C29H27BrN4O3S. The summed E-state index contributed by atoms with van der Waals surface area (Å²) in [5.74, 6) is 1.31. The number of thioether (sulfide) groups is 1. The van der Waals surface area contributed by atoms with Gasteiger partial charge >= 0.3 is 0 Å². The Hall–Kier alpha value is -3.56. The maximum absolute atomic E-state index is 13.7. The number of ether oxygens (including phenoxy) is 1. The van der Waals surface area contributed by atoms with Crippen molar-refractivity contribution in [3.05, 3.63) is 99.7 Å². The third kappa shape index (κ3) is 5.63. The van der Waals surface area contributed by atoms with E-state index in [0.29, 0.717) is 28.2 Å². The number of nitrogens with one attached hydrogen (secondary N) is 2. The first-order chi connectivity index (χ1) is 18.4. The van der Waals surface area contributed by atoms with E-state index in [2.05, 4.69) is 31.5 Å². The number of hydrogen-bond acceptors (Lipinski definition) is 6. The Morgan fingerprint density at radius 3 is 2.47 bits per heavy atom. The summed E-state index contributed by atoms with van der Waals surface area (Å²) >= 11 is 5.11. The van der Waals surface area contributed by atoms with E-state index in [4.69, 9.17) is 9.73 Å². The zero-order valence-corrected chi connectivity index (χ0v) is 23.4. The van der Waals surface area contributed by atoms with Crippen LogP contribution in [0.2, 0.25) is 0 Å². The Kier molecular flexibility index (Phi) is 7.85. The number of rotatable bonds is 6. The van der Waals surface area contributed by atoms with Crippen LogP contribution in [0.25, 0.3) is 0 Å². The maximum Gasteiger partial charge on any atom is 0.255 e. The topological polar surface area (TPSA) is 83.0 Å². The smallest absolute Gasteiger partial charge is 0.255 e. The second kappa shape index (κ2) is 11.4. The van der Waals surface area contributed by atoms with Crippen molar-refractivity contribution in [2.24, 2.45) is 4.99 Å². The molecule has 38 heavy (non-hydrogen) atoms. The van der Waals surface area contributed by atoms with Gasteiger partial charge < -0.3 is 20.3 Å². The predicted molar refractivity (Wildman–Crippen MR) is 157 cm³/mol. The molecule has 194 valence electrons. The molecule has 2 aliphatic heterocycles. The number of halogens is 1. The number of fused-ring (bicyclic) bond motifs is 1. The number of carbonyl (C=O) groups is 2. The third-order valence-corrected chi connectivity index (χ3v) is 8.02. The molecule has 5 rings (SSSR count). The lowest BCUT2D eigenvalue weighted by atomic mass is 9.93. The summed E-state index contributed by atoms with van der Waals surface area (Å²) in [6.07, 6.45) is 0.993. The SMILES string of the molecule is COc1ccc(NC(=O)C2=C(C)N=C3SCCCN3C2c2cccc(NC(=O)c3ccc(Br)cc3)c2)cc1. The molecular weight excluding hydrogens is 564 g/mol. The summed E-state index contributed by atoms with van der Waals surface area (Å²) in [7, 11) is 1.61. The van der Waals surface area contributed by atoms with Crippen molar-refractivity contribution in [2.75, 3.05) is 30.0 Å². The molecule has 1 atom stereocenters. The first kappa shape index (κ1) is 26.1. The van der Waals surface area contributed by atoms with E-state index < -0.39 is 0 Å². The van der Waals surface area contributed by atoms with Crippen LogP contribution in [0.1, 0.15) is 35.3 Å². The highest BCUT2D eigenvalue weighted by Gasteiger charge is 2.37. The number of methoxy groups -OCH3 is 1. The van der Waals surface area contributed by atoms with Crippen LogP contribution in [0.5, 0.6) is 5.75 Å². The number of allylic oxidation sites excluding steroid dienone is 1. The van der Waals surface area contributed by atoms with E-state index in [9.17, 15) is 9.59 Å². The van der Waals surface area contributed by atoms with Gasteiger partial charge in [-0.25, -0.2) is 4.99 Å². The lowest BCUT2D eigenvalue weighted by Crippen LogP contribution is -2.43. The van der Waals surface area contributed by atoms with Gasteiger partial charge in [-0.3, -0.25) is 9.59 Å². The highest BCUT2D eigenvalue weighted by molar-refractivity contribution is 9.10. The van der Waals surface area contributed by atoms with E-state index in [1.807, 2.05) is 67.6 Å². The molecule has 7 nitrogen and oxygen atoms in total. The molecule has 0 saturated carbocycles. The van der Waals surface area contributed by atoms with Crippen molar-refractivity contribution in [2.45, 2.75) is 19.4 Å². The fourth-order valence-electron chi connectivity index (χ4n) is 4.57. The summed E-state index contributed by atoms with van der Waals surface area (Å²) in [6.45, 7) is 2.67. The molecule has 0 spiro atoms. The average molecular weight is 592 g/mol. The van der Waals surface area contributed by atoms with Gasteiger partial charge in [-0.15, -0.1) is 0 Å². The van der Waals surface area contributed by atoms with Crippen molar-refractivity contribution in [3.63, 3.8) is 0 Å². The lowest BCUT2D eigenvalue weighted by Gasteiger charge is -2.41. The van der Waals surface area contributed by atoms with Crippen molar-refractivity contribution in [1.29, 1.82) is 0 Å². The molecule has 0 bridgehead atoms. The van der Waals surface area contributed by atoms with E-state index >= 15 is 0 Å². The highest BCUT2D eigenvalue weighted by atomic mass is 79.9. The Labute approximate surface area is 234 Å². The maximum atomic E-state index is 13.7. The number of aliphatic imine (C=N–C) groups is 1. The van der Waals surface area contributed by atoms with Gasteiger partial charge in [-0.2, -0.15) is 0 Å². The summed E-state index contributed by atoms with van der Waals surface area (Å²) < 4.78 is 6.14. The summed E-state index contributed by atoms with van der Waals surface area (Å²) in [5.41, 5.74) is 4.08. The first-order valence-corrected chi connectivity index (χ1v) is 14.0. The van der Waals surface area contributed by atoms with Gasteiger partial charge in [0, 0.05) is 33.7 Å². The molecule has 9 heteroatoms. The molecule has 2 heterocycles. The number of amidine groups is 1. The molecule has 0 aliphatic carbocycles. The number of carbonyl (C=O) groups excluding carboxylic acids is 2. The Morgan fingerprint density at radius 2 is 1.74 bits per heavy atom. The van der Waals surface area contributed by atoms with Crippen LogP contribution in [-0.4, -0.2) is 41.3 Å². The monoisotopic (exact) mass is 590 g/mol. The van der Waals surface area contributed by atoms with Crippen molar-refractivity contribution >= 4 is 56.0 Å². The first-order valence-electron chi connectivity index (χ1n) is 12.2. The van der Waals surface area contributed by atoms with Crippen molar-refractivity contribution in [3.8, 4) is 5.75 Å². The van der Waals surface area contributed by atoms with Crippen LogP contribution in [0.15, 0.2) is 93.5 Å². The molecule has 0 aromatic heterocycles. The number of hydrogen-bond donors (Lipinski definition) is 2. The molecule has 1 saturated heterocycles. The molecule has 3 aromatic rings. The van der Waals surface area contributed by atoms with Gasteiger partial charge in [0.1, 0.15) is 5.75 Å². The zero-order valence-electron chi connectivity index (χ0n) is 21.0. The number of anilines is 2. The molecule has 1 fully saturated rings. The van der Waals surface area contributed by atoms with Crippen LogP contribution in [0, 0.1) is 0 Å². The van der Waals surface area contributed by atoms with Gasteiger partial charge in [-0.1, -0.05) is 39.8 Å². The number of nitrogens with zero attached hydrogens (tertiary/aromatic N) is 2. The normalized spacial score (nSPS) is 16.9. The third-order valence-electron chi connectivity index (χ3n) is 6.42. The quantitative estimate of drug-likeness (QED) is 0.343. The molecule has 2 aliphatic rings. The largest absolute Gasteiger partial charge is 0.497 e. The number of benzene rings is 3. The van der Waals surface area contributed by atoms with Gasteiger partial charge in [0.25, 0.3) is 11.8 Å². The minimum absolute atomic E-state index is 0.196. The van der Waals surface area contributed by atoms with E-state index in [0.717, 1.165) is 39.7 Å². The highest BCUT2D eigenvalue weighted by Crippen LogP contribution is 2.40. The average Bonchev–Trinajstić information content (AvgIpc) is 2.93. The fourth-order valence-corrected chi connectivity index (χ4v) is 5.85. The molecule has 2 amide bonds. The van der Waals surface area contributed by atoms with Crippen molar-refractivity contribution in [1.82, 2.24) is 4.90 Å². The van der Waals surface area contributed by atoms with Crippen molar-refractivity contribution < 1.29 is 14.3 Å². The van der Waals surface area contributed by atoms with E-state index in [1.165, 1.54) is 0 Å². The standard InChI is InChI=1S/C29H27BrN4O3S/c1-18-25(28(36)32-22-11-13-24(37-2)14-12-22)26(34-15-4-16-38-29(34)31-18)20-5-3-6-23(17-20)33-27(35)19-7-9-21(30)10-8-19/h3,5-14,17,26H,4,15-16H2,1-2H3,(H,32,36)(H,33,35). The Morgan fingerprint density at radius 1 is 1.00 bits per heavy atom. The van der Waals surface area contributed by atoms with Crippen LogP contribution in [0.3, 0.4) is 0 Å². The molecule has 2 N–H and O–H groups in total. The Bertz CT molecular complexity index is 1420. The second-order valence-electron chi connectivity index (χ2n) is 8.96. The van der Waals surface area contributed by atoms with Gasteiger partial charge in [-0.05, 0) is 79.6 Å². The Balaban J connectivity index is 1.46. The fraction of sp³-hybridized carbons (Fsp3) is 0.207. The van der Waals surface area contributed by atoms with Gasteiger partial charge in [0.05, 0.1) is 24.4 Å². The minimum atomic E-state index is -0.335. The van der Waals surface area contributed by atoms with Crippen LogP contribution >= 0.6 is 27.7 Å². The van der Waals surface area contributed by atoms with E-state index in [1.54, 1.807) is 31.0 Å².